The first-order chi connectivity index (χ1) is 9.10. The molecule has 0 amide bonds. The van der Waals surface area contributed by atoms with Gasteiger partial charge >= 0.3 is 0 Å². The average molecular weight is 262 g/mol. The summed E-state index contributed by atoms with van der Waals surface area (Å²) >= 11 is 0. The Bertz CT molecular complexity index is 402. The highest BCUT2D eigenvalue weighted by Crippen LogP contribution is 2.25. The van der Waals surface area contributed by atoms with Gasteiger partial charge in [-0.3, -0.25) is 0 Å². The predicted octanol–water partition coefficient (Wildman–Crippen LogP) is 2.35. The molecule has 1 heterocycles. The van der Waals surface area contributed by atoms with E-state index in [-0.39, 0.29) is 0 Å². The van der Waals surface area contributed by atoms with Crippen molar-refractivity contribution in [2.45, 2.75) is 26.8 Å². The van der Waals surface area contributed by atoms with Gasteiger partial charge in [-0.15, -0.1) is 0 Å². The Morgan fingerprint density at radius 1 is 1.32 bits per heavy atom. The largest absolute Gasteiger partial charge is 0.496 e. The van der Waals surface area contributed by atoms with Crippen LogP contribution in [0.1, 0.15) is 23.1 Å². The number of nitrogens with zero attached hydrogens (tertiary/aromatic N) is 1. The molecule has 0 saturated carbocycles. The van der Waals surface area contributed by atoms with Crippen LogP contribution in [0.3, 0.4) is 0 Å². The molecule has 19 heavy (non-hydrogen) atoms. The van der Waals surface area contributed by atoms with Crippen molar-refractivity contribution in [2.24, 2.45) is 5.92 Å². The monoisotopic (exact) mass is 262 g/mol. The van der Waals surface area contributed by atoms with Gasteiger partial charge in [-0.1, -0.05) is 12.1 Å². The van der Waals surface area contributed by atoms with Crippen molar-refractivity contribution < 1.29 is 4.74 Å². The zero-order valence-electron chi connectivity index (χ0n) is 12.6. The normalized spacial score (nSPS) is 19.1. The molecular weight excluding hydrogens is 236 g/mol. The van der Waals surface area contributed by atoms with Crippen molar-refractivity contribution in [1.82, 2.24) is 10.2 Å². The van der Waals surface area contributed by atoms with Crippen molar-refractivity contribution in [1.29, 1.82) is 0 Å². The Hall–Kier alpha value is -1.06. The molecular formula is C16H26N2O. The van der Waals surface area contributed by atoms with E-state index in [2.05, 4.69) is 43.2 Å². The summed E-state index contributed by atoms with van der Waals surface area (Å²) in [5, 5.41) is 3.43. The number of methoxy groups -OCH3 is 1. The fourth-order valence-electron chi connectivity index (χ4n) is 3.14. The first-order valence-electron chi connectivity index (χ1n) is 7.13. The first-order valence-corrected chi connectivity index (χ1v) is 7.13. The number of ether oxygens (including phenoxy) is 1. The minimum atomic E-state index is 0.811. The van der Waals surface area contributed by atoms with Crippen LogP contribution in [0.5, 0.6) is 5.75 Å². The molecule has 1 aromatic rings. The van der Waals surface area contributed by atoms with Gasteiger partial charge in [-0.2, -0.15) is 0 Å². The molecule has 0 radical (unpaired) electrons. The van der Waals surface area contributed by atoms with Gasteiger partial charge in [0.1, 0.15) is 5.75 Å². The van der Waals surface area contributed by atoms with Crippen molar-refractivity contribution in [3.8, 4) is 5.75 Å². The highest BCUT2D eigenvalue weighted by Gasteiger charge is 2.16. The van der Waals surface area contributed by atoms with E-state index < -0.39 is 0 Å². The molecule has 106 valence electrons. The second-order valence-electron chi connectivity index (χ2n) is 5.82. The Kier molecular flexibility index (Phi) is 4.83. The lowest BCUT2D eigenvalue weighted by Crippen LogP contribution is -2.26. The van der Waals surface area contributed by atoms with Gasteiger partial charge in [0.25, 0.3) is 0 Å². The van der Waals surface area contributed by atoms with E-state index in [1.807, 2.05) is 0 Å². The zero-order chi connectivity index (χ0) is 13.8. The molecule has 3 heteroatoms. The summed E-state index contributed by atoms with van der Waals surface area (Å²) in [5.74, 6) is 1.83. The maximum atomic E-state index is 5.42. The molecule has 0 bridgehead atoms. The highest BCUT2D eigenvalue weighted by molar-refractivity contribution is 5.43. The fourth-order valence-corrected chi connectivity index (χ4v) is 3.14. The van der Waals surface area contributed by atoms with E-state index >= 15 is 0 Å². The topological polar surface area (TPSA) is 24.5 Å². The van der Waals surface area contributed by atoms with Crippen LogP contribution in [0.2, 0.25) is 0 Å². The summed E-state index contributed by atoms with van der Waals surface area (Å²) in [6, 6.07) is 4.49. The number of nitrogens with one attached hydrogen (secondary N) is 1. The Morgan fingerprint density at radius 2 is 2.00 bits per heavy atom. The Morgan fingerprint density at radius 3 is 2.53 bits per heavy atom. The highest BCUT2D eigenvalue weighted by atomic mass is 16.5. The van der Waals surface area contributed by atoms with E-state index in [9.17, 15) is 0 Å². The summed E-state index contributed by atoms with van der Waals surface area (Å²) in [6.07, 6.45) is 1.31. The SMILES string of the molecule is COc1c(C)cc(CN(C)CC2CCNC2)cc1C. The molecule has 0 aromatic heterocycles. The number of hydrogen-bond donors (Lipinski definition) is 1. The van der Waals surface area contributed by atoms with Crippen LogP contribution in [-0.4, -0.2) is 38.7 Å². The molecule has 0 aliphatic carbocycles. The summed E-state index contributed by atoms with van der Waals surface area (Å²) in [4.78, 5) is 2.43. The summed E-state index contributed by atoms with van der Waals surface area (Å²) in [7, 11) is 3.96. The lowest BCUT2D eigenvalue weighted by Gasteiger charge is -2.21. The lowest BCUT2D eigenvalue weighted by atomic mass is 10.0. The molecule has 3 nitrogen and oxygen atoms in total. The minimum Gasteiger partial charge on any atom is -0.496 e. The van der Waals surface area contributed by atoms with Gasteiger partial charge in [0, 0.05) is 13.1 Å². The molecule has 1 aromatic carbocycles. The van der Waals surface area contributed by atoms with E-state index in [0.29, 0.717) is 0 Å². The summed E-state index contributed by atoms with van der Waals surface area (Å²) < 4.78 is 5.42. The molecule has 1 unspecified atom stereocenters. The van der Waals surface area contributed by atoms with Crippen molar-refractivity contribution >= 4 is 0 Å². The Labute approximate surface area is 116 Å². The second-order valence-corrected chi connectivity index (χ2v) is 5.82. The van der Waals surface area contributed by atoms with E-state index in [1.165, 1.54) is 42.7 Å². The third-order valence-electron chi connectivity index (χ3n) is 3.91. The molecule has 1 aliphatic heterocycles. The molecule has 0 spiro atoms. The van der Waals surface area contributed by atoms with Gasteiger partial charge in [0.05, 0.1) is 7.11 Å². The van der Waals surface area contributed by atoms with Crippen LogP contribution in [-0.2, 0) is 6.54 Å². The average Bonchev–Trinajstić information content (AvgIpc) is 2.81. The quantitative estimate of drug-likeness (QED) is 0.881. The van der Waals surface area contributed by atoms with Gasteiger partial charge in [-0.25, -0.2) is 0 Å². The number of hydrogen-bond acceptors (Lipinski definition) is 3. The van der Waals surface area contributed by atoms with Gasteiger partial charge in [-0.05, 0) is 63.0 Å². The van der Waals surface area contributed by atoms with E-state index in [0.717, 1.165) is 18.2 Å². The maximum absolute atomic E-state index is 5.42. The lowest BCUT2D eigenvalue weighted by molar-refractivity contribution is 0.278. The van der Waals surface area contributed by atoms with Crippen molar-refractivity contribution in [2.75, 3.05) is 33.8 Å². The fraction of sp³-hybridized carbons (Fsp3) is 0.625. The van der Waals surface area contributed by atoms with Crippen molar-refractivity contribution in [3.63, 3.8) is 0 Å². The van der Waals surface area contributed by atoms with Crippen LogP contribution in [0.4, 0.5) is 0 Å². The smallest absolute Gasteiger partial charge is 0.124 e. The van der Waals surface area contributed by atoms with Gasteiger partial charge in [0.15, 0.2) is 0 Å². The summed E-state index contributed by atoms with van der Waals surface area (Å²) in [5.41, 5.74) is 3.84. The molecule has 1 N–H and O–H groups in total. The van der Waals surface area contributed by atoms with Gasteiger partial charge < -0.3 is 15.0 Å². The van der Waals surface area contributed by atoms with Crippen LogP contribution < -0.4 is 10.1 Å². The molecule has 1 saturated heterocycles. The number of benzene rings is 1. The van der Waals surface area contributed by atoms with Crippen LogP contribution in [0, 0.1) is 19.8 Å². The number of rotatable bonds is 5. The van der Waals surface area contributed by atoms with Crippen molar-refractivity contribution in [3.05, 3.63) is 28.8 Å². The molecule has 1 fully saturated rings. The number of aryl methyl sites for hydroxylation is 2. The standard InChI is InChI=1S/C16H26N2O/c1-12-7-15(8-13(2)16(12)19-4)11-18(3)10-14-5-6-17-9-14/h7-8,14,17H,5-6,9-11H2,1-4H3. The van der Waals surface area contributed by atoms with E-state index in [1.54, 1.807) is 7.11 Å². The molecule has 1 aliphatic rings. The Balaban J connectivity index is 1.98. The first kappa shape index (κ1) is 14.4. The predicted molar refractivity (Wildman–Crippen MR) is 79.8 cm³/mol. The van der Waals surface area contributed by atoms with Crippen LogP contribution >= 0.6 is 0 Å². The summed E-state index contributed by atoms with van der Waals surface area (Å²) in [6.45, 7) is 8.79. The zero-order valence-corrected chi connectivity index (χ0v) is 12.6. The van der Waals surface area contributed by atoms with Gasteiger partial charge in [0.2, 0.25) is 0 Å². The van der Waals surface area contributed by atoms with Crippen LogP contribution in [0.15, 0.2) is 12.1 Å². The molecule has 2 rings (SSSR count). The third-order valence-corrected chi connectivity index (χ3v) is 3.91. The third kappa shape index (κ3) is 3.71. The second kappa shape index (κ2) is 6.40. The minimum absolute atomic E-state index is 0.811. The molecule has 1 atom stereocenters. The van der Waals surface area contributed by atoms with E-state index in [4.69, 9.17) is 4.74 Å². The van der Waals surface area contributed by atoms with Crippen LogP contribution in [0.25, 0.3) is 0 Å². The maximum Gasteiger partial charge on any atom is 0.124 e.